The van der Waals surface area contributed by atoms with E-state index in [-0.39, 0.29) is 5.78 Å². The number of Topliss-reactive ketones (excluding diaryl/α,β-unsaturated/α-hetero) is 1. The van der Waals surface area contributed by atoms with Gasteiger partial charge in [-0.1, -0.05) is 12.8 Å². The molecule has 1 aliphatic rings. The summed E-state index contributed by atoms with van der Waals surface area (Å²) in [5, 5.41) is 0. The third-order valence-electron chi connectivity index (χ3n) is 2.67. The molecule has 1 heterocycles. The Balaban J connectivity index is 1.95. The van der Waals surface area contributed by atoms with Crippen LogP contribution in [0.25, 0.3) is 0 Å². The van der Waals surface area contributed by atoms with Crippen molar-refractivity contribution >= 4 is 5.78 Å². The van der Waals surface area contributed by atoms with Crippen LogP contribution in [0.1, 0.15) is 41.6 Å². The molecule has 74 valence electrons. The van der Waals surface area contributed by atoms with Gasteiger partial charge in [-0.15, -0.1) is 0 Å². The molecule has 1 aromatic heterocycles. The number of pyridine rings is 1. The van der Waals surface area contributed by atoms with Crippen molar-refractivity contribution in [1.82, 2.24) is 4.98 Å². The lowest BCUT2D eigenvalue weighted by Crippen LogP contribution is -2.00. The van der Waals surface area contributed by atoms with E-state index in [4.69, 9.17) is 0 Å². The molecule has 1 saturated carbocycles. The van der Waals surface area contributed by atoms with Gasteiger partial charge in [0.15, 0.2) is 5.78 Å². The van der Waals surface area contributed by atoms with Gasteiger partial charge in [0.05, 0.1) is 0 Å². The summed E-state index contributed by atoms with van der Waals surface area (Å²) in [6.45, 7) is 1.96. The molecule has 0 unspecified atom stereocenters. The molecule has 1 aromatic rings. The Bertz CT molecular complexity index is 342. The second kappa shape index (κ2) is 3.91. The number of nitrogens with zero attached hydrogens (tertiary/aromatic N) is 1. The lowest BCUT2D eigenvalue weighted by molar-refractivity contribution is 0.0977. The summed E-state index contributed by atoms with van der Waals surface area (Å²) >= 11 is 0. The second-order valence-corrected chi connectivity index (χ2v) is 4.16. The SMILES string of the molecule is Cc1cncc(C(=O)CCC2CC2)c1. The number of aromatic nitrogens is 1. The average Bonchev–Trinajstić information content (AvgIpc) is 2.97. The normalized spacial score (nSPS) is 15.5. The van der Waals surface area contributed by atoms with Crippen LogP contribution < -0.4 is 0 Å². The summed E-state index contributed by atoms with van der Waals surface area (Å²) in [6.07, 6.45) is 7.83. The van der Waals surface area contributed by atoms with Crippen LogP contribution in [0.3, 0.4) is 0 Å². The fraction of sp³-hybridized carbons (Fsp3) is 0.500. The van der Waals surface area contributed by atoms with Crippen LogP contribution >= 0.6 is 0 Å². The van der Waals surface area contributed by atoms with Crippen LogP contribution in [0.4, 0.5) is 0 Å². The molecule has 0 radical (unpaired) electrons. The lowest BCUT2D eigenvalue weighted by atomic mass is 10.1. The summed E-state index contributed by atoms with van der Waals surface area (Å²) in [5.74, 6) is 1.07. The molecule has 2 heteroatoms. The Morgan fingerprint density at radius 3 is 2.93 bits per heavy atom. The summed E-state index contributed by atoms with van der Waals surface area (Å²) in [5.41, 5.74) is 1.83. The van der Waals surface area contributed by atoms with E-state index in [2.05, 4.69) is 4.98 Å². The quantitative estimate of drug-likeness (QED) is 0.682. The first kappa shape index (κ1) is 9.38. The summed E-state index contributed by atoms with van der Waals surface area (Å²) in [4.78, 5) is 15.7. The fourth-order valence-electron chi connectivity index (χ4n) is 1.59. The average molecular weight is 189 g/mol. The van der Waals surface area contributed by atoms with Crippen molar-refractivity contribution in [3.05, 3.63) is 29.6 Å². The Hall–Kier alpha value is -1.18. The molecule has 0 spiro atoms. The van der Waals surface area contributed by atoms with Gasteiger partial charge < -0.3 is 0 Å². The standard InChI is InChI=1S/C12H15NO/c1-9-6-11(8-13-7-9)12(14)5-4-10-2-3-10/h6-8,10H,2-5H2,1H3. The maximum Gasteiger partial charge on any atom is 0.164 e. The first-order chi connectivity index (χ1) is 6.75. The predicted molar refractivity (Wildman–Crippen MR) is 55.3 cm³/mol. The molecule has 0 bridgehead atoms. The van der Waals surface area contributed by atoms with Crippen molar-refractivity contribution in [3.8, 4) is 0 Å². The van der Waals surface area contributed by atoms with Gasteiger partial charge in [0.2, 0.25) is 0 Å². The monoisotopic (exact) mass is 189 g/mol. The van der Waals surface area contributed by atoms with E-state index in [0.717, 1.165) is 23.5 Å². The minimum absolute atomic E-state index is 0.244. The number of hydrogen-bond donors (Lipinski definition) is 0. The van der Waals surface area contributed by atoms with Gasteiger partial charge in [0.1, 0.15) is 0 Å². The molecule has 0 atom stereocenters. The van der Waals surface area contributed by atoms with Gasteiger partial charge in [-0.05, 0) is 30.9 Å². The summed E-state index contributed by atoms with van der Waals surface area (Å²) < 4.78 is 0. The van der Waals surface area contributed by atoms with E-state index in [1.165, 1.54) is 12.8 Å². The third-order valence-corrected chi connectivity index (χ3v) is 2.67. The van der Waals surface area contributed by atoms with E-state index in [9.17, 15) is 4.79 Å². The summed E-state index contributed by atoms with van der Waals surface area (Å²) in [7, 11) is 0. The number of carbonyl (C=O) groups is 1. The van der Waals surface area contributed by atoms with E-state index in [0.29, 0.717) is 6.42 Å². The molecule has 0 amide bonds. The van der Waals surface area contributed by atoms with E-state index in [1.807, 2.05) is 13.0 Å². The zero-order valence-electron chi connectivity index (χ0n) is 8.49. The molecule has 0 aromatic carbocycles. The highest BCUT2D eigenvalue weighted by atomic mass is 16.1. The van der Waals surface area contributed by atoms with Crippen molar-refractivity contribution in [3.63, 3.8) is 0 Å². The Morgan fingerprint density at radius 1 is 1.50 bits per heavy atom. The zero-order chi connectivity index (χ0) is 9.97. The molecule has 1 fully saturated rings. The lowest BCUT2D eigenvalue weighted by Gasteiger charge is -2.00. The highest BCUT2D eigenvalue weighted by molar-refractivity contribution is 5.95. The van der Waals surface area contributed by atoms with Crippen LogP contribution in [-0.2, 0) is 0 Å². The van der Waals surface area contributed by atoms with Crippen molar-refractivity contribution < 1.29 is 4.79 Å². The number of rotatable bonds is 4. The maximum absolute atomic E-state index is 11.7. The van der Waals surface area contributed by atoms with Gasteiger partial charge in [0.25, 0.3) is 0 Å². The van der Waals surface area contributed by atoms with Crippen molar-refractivity contribution in [2.75, 3.05) is 0 Å². The van der Waals surface area contributed by atoms with Crippen molar-refractivity contribution in [2.24, 2.45) is 5.92 Å². The van der Waals surface area contributed by atoms with Crippen LogP contribution in [-0.4, -0.2) is 10.8 Å². The smallest absolute Gasteiger partial charge is 0.164 e. The molecular weight excluding hydrogens is 174 g/mol. The maximum atomic E-state index is 11.7. The first-order valence-electron chi connectivity index (χ1n) is 5.20. The van der Waals surface area contributed by atoms with Gasteiger partial charge in [-0.2, -0.15) is 0 Å². The van der Waals surface area contributed by atoms with E-state index >= 15 is 0 Å². The van der Waals surface area contributed by atoms with Gasteiger partial charge >= 0.3 is 0 Å². The van der Waals surface area contributed by atoms with Gasteiger partial charge in [-0.3, -0.25) is 9.78 Å². The second-order valence-electron chi connectivity index (χ2n) is 4.16. The van der Waals surface area contributed by atoms with Gasteiger partial charge in [0, 0.05) is 24.4 Å². The van der Waals surface area contributed by atoms with Gasteiger partial charge in [-0.25, -0.2) is 0 Å². The Morgan fingerprint density at radius 2 is 2.29 bits per heavy atom. The Labute approximate surface area is 84.4 Å². The molecule has 0 N–H and O–H groups in total. The van der Waals surface area contributed by atoms with E-state index < -0.39 is 0 Å². The number of hydrogen-bond acceptors (Lipinski definition) is 2. The predicted octanol–water partition coefficient (Wildman–Crippen LogP) is 2.76. The number of ketones is 1. The number of aryl methyl sites for hydroxylation is 1. The highest BCUT2D eigenvalue weighted by Crippen LogP contribution is 2.33. The van der Waals surface area contributed by atoms with Crippen LogP contribution in [0.2, 0.25) is 0 Å². The molecule has 2 rings (SSSR count). The van der Waals surface area contributed by atoms with Crippen LogP contribution in [0.15, 0.2) is 18.5 Å². The highest BCUT2D eigenvalue weighted by Gasteiger charge is 2.22. The van der Waals surface area contributed by atoms with Crippen molar-refractivity contribution in [1.29, 1.82) is 0 Å². The minimum Gasteiger partial charge on any atom is -0.294 e. The fourth-order valence-corrected chi connectivity index (χ4v) is 1.59. The molecule has 1 aliphatic carbocycles. The minimum atomic E-state index is 0.244. The van der Waals surface area contributed by atoms with Crippen LogP contribution in [0.5, 0.6) is 0 Å². The molecular formula is C12H15NO. The van der Waals surface area contributed by atoms with Crippen molar-refractivity contribution in [2.45, 2.75) is 32.6 Å². The van der Waals surface area contributed by atoms with E-state index in [1.54, 1.807) is 12.4 Å². The summed E-state index contributed by atoms with van der Waals surface area (Å²) in [6, 6.07) is 1.92. The third kappa shape index (κ3) is 2.41. The topological polar surface area (TPSA) is 30.0 Å². The zero-order valence-corrected chi connectivity index (χ0v) is 8.49. The number of carbonyl (C=O) groups excluding carboxylic acids is 1. The van der Waals surface area contributed by atoms with Crippen LogP contribution in [0, 0.1) is 12.8 Å². The first-order valence-corrected chi connectivity index (χ1v) is 5.20. The molecule has 0 aliphatic heterocycles. The molecule has 14 heavy (non-hydrogen) atoms. The Kier molecular flexibility index (Phi) is 2.62. The molecule has 2 nitrogen and oxygen atoms in total. The molecule has 0 saturated heterocycles. The largest absolute Gasteiger partial charge is 0.294 e.